The quantitative estimate of drug-likeness (QED) is 0.648. The molecule has 0 saturated heterocycles. The summed E-state index contributed by atoms with van der Waals surface area (Å²) in [5.41, 5.74) is 0. The first kappa shape index (κ1) is 18.8. The third-order valence-corrected chi connectivity index (χ3v) is 4.20. The van der Waals surface area contributed by atoms with Gasteiger partial charge in [0, 0.05) is 12.1 Å². The Morgan fingerprint density at radius 1 is 0.920 bits per heavy atom. The van der Waals surface area contributed by atoms with Crippen LogP contribution in [0.25, 0.3) is 0 Å². The largest absolute Gasteiger partial charge is 0.478 e. The first-order chi connectivity index (χ1) is 11.8. The molecule has 4 nitrogen and oxygen atoms in total. The van der Waals surface area contributed by atoms with Crippen LogP contribution in [-0.2, 0) is 10.0 Å². The second-order valence-corrected chi connectivity index (χ2v) is 6.41. The van der Waals surface area contributed by atoms with Crippen molar-refractivity contribution < 1.29 is 30.7 Å². The van der Waals surface area contributed by atoms with Crippen LogP contribution in [0.15, 0.2) is 41.3 Å². The normalized spacial score (nSPS) is 10.9. The summed E-state index contributed by atoms with van der Waals surface area (Å²) >= 11 is 0. The molecule has 2 aromatic rings. The summed E-state index contributed by atoms with van der Waals surface area (Å²) < 4.78 is 82.7. The van der Waals surface area contributed by atoms with E-state index in [9.17, 15) is 26.0 Å². The minimum absolute atomic E-state index is 0.202. The van der Waals surface area contributed by atoms with E-state index < -0.39 is 38.2 Å². The van der Waals surface area contributed by atoms with Crippen LogP contribution in [0.5, 0.6) is 5.75 Å². The fraction of sp³-hybridized carbons (Fsp3) is 0.125. The van der Waals surface area contributed by atoms with E-state index in [-0.39, 0.29) is 18.9 Å². The molecule has 0 aliphatic rings. The molecule has 0 spiro atoms. The van der Waals surface area contributed by atoms with Crippen LogP contribution in [0, 0.1) is 35.1 Å². The number of rotatable bonds is 5. The van der Waals surface area contributed by atoms with Crippen molar-refractivity contribution in [2.75, 3.05) is 13.2 Å². The Morgan fingerprint density at radius 3 is 2.24 bits per heavy atom. The maximum atomic E-state index is 13.3. The molecular weight excluding hydrogens is 362 g/mol. The van der Waals surface area contributed by atoms with Gasteiger partial charge in [0.1, 0.15) is 24.1 Å². The van der Waals surface area contributed by atoms with Gasteiger partial charge in [-0.2, -0.15) is 4.72 Å². The van der Waals surface area contributed by atoms with Gasteiger partial charge in [0.15, 0.2) is 11.6 Å². The Morgan fingerprint density at radius 2 is 1.60 bits per heavy atom. The maximum Gasteiger partial charge on any atom is 0.241 e. The highest BCUT2D eigenvalue weighted by Crippen LogP contribution is 2.17. The van der Waals surface area contributed by atoms with E-state index in [0.29, 0.717) is 24.3 Å². The highest BCUT2D eigenvalue weighted by molar-refractivity contribution is 7.89. The van der Waals surface area contributed by atoms with Crippen molar-refractivity contribution in [2.45, 2.75) is 4.90 Å². The summed E-state index contributed by atoms with van der Waals surface area (Å²) in [5, 5.41) is 0. The SMILES string of the molecule is O=S(=O)(NCC#CCOc1ccc(F)cc1F)c1cc(F)cc(F)c1. The minimum atomic E-state index is -4.13. The number of sulfonamides is 1. The van der Waals surface area contributed by atoms with Gasteiger partial charge in [0.05, 0.1) is 11.4 Å². The Kier molecular flexibility index (Phi) is 6.01. The molecule has 0 amide bonds. The van der Waals surface area contributed by atoms with Gasteiger partial charge in [0.2, 0.25) is 10.0 Å². The van der Waals surface area contributed by atoms with Crippen LogP contribution >= 0.6 is 0 Å². The van der Waals surface area contributed by atoms with Crippen molar-refractivity contribution in [2.24, 2.45) is 0 Å². The minimum Gasteiger partial charge on any atom is -0.478 e. The van der Waals surface area contributed by atoms with Gasteiger partial charge in [-0.05, 0) is 24.3 Å². The number of hydrogen-bond donors (Lipinski definition) is 1. The van der Waals surface area contributed by atoms with Crippen molar-refractivity contribution in [3.05, 3.63) is 59.7 Å². The van der Waals surface area contributed by atoms with Gasteiger partial charge >= 0.3 is 0 Å². The van der Waals surface area contributed by atoms with E-state index in [1.54, 1.807) is 0 Å². The molecule has 2 aromatic carbocycles. The van der Waals surface area contributed by atoms with Gasteiger partial charge in [-0.15, -0.1) is 0 Å². The highest BCUT2D eigenvalue weighted by atomic mass is 32.2. The number of halogens is 4. The molecule has 0 aliphatic heterocycles. The summed E-state index contributed by atoms with van der Waals surface area (Å²) in [4.78, 5) is -0.573. The number of ether oxygens (including phenoxy) is 1. The van der Waals surface area contributed by atoms with Crippen molar-refractivity contribution in [1.82, 2.24) is 4.72 Å². The molecule has 0 aliphatic carbocycles. The molecular formula is C16H11F4NO3S. The molecule has 0 bridgehead atoms. The molecule has 0 fully saturated rings. The zero-order valence-electron chi connectivity index (χ0n) is 12.5. The second-order valence-electron chi connectivity index (χ2n) is 4.65. The number of nitrogens with one attached hydrogen (secondary N) is 1. The molecule has 0 saturated carbocycles. The fourth-order valence-electron chi connectivity index (χ4n) is 1.72. The fourth-order valence-corrected chi connectivity index (χ4v) is 2.68. The Hall–Kier alpha value is -2.57. The molecule has 0 unspecified atom stereocenters. The number of hydrogen-bond acceptors (Lipinski definition) is 3. The Bertz CT molecular complexity index is 916. The van der Waals surface area contributed by atoms with E-state index >= 15 is 0 Å². The van der Waals surface area contributed by atoms with Crippen LogP contribution in [0.4, 0.5) is 17.6 Å². The molecule has 25 heavy (non-hydrogen) atoms. The molecule has 2 rings (SSSR count). The van der Waals surface area contributed by atoms with E-state index in [0.717, 1.165) is 12.1 Å². The lowest BCUT2D eigenvalue weighted by Gasteiger charge is -2.04. The van der Waals surface area contributed by atoms with E-state index in [4.69, 9.17) is 4.74 Å². The predicted molar refractivity (Wildman–Crippen MR) is 81.2 cm³/mol. The van der Waals surface area contributed by atoms with Gasteiger partial charge in [-0.3, -0.25) is 0 Å². The summed E-state index contributed by atoms with van der Waals surface area (Å²) in [7, 11) is -4.13. The van der Waals surface area contributed by atoms with Gasteiger partial charge in [-0.25, -0.2) is 26.0 Å². The zero-order valence-corrected chi connectivity index (χ0v) is 13.3. The van der Waals surface area contributed by atoms with Crippen LogP contribution in [-0.4, -0.2) is 21.6 Å². The van der Waals surface area contributed by atoms with Crippen LogP contribution in [0.2, 0.25) is 0 Å². The third kappa shape index (κ3) is 5.48. The number of benzene rings is 2. The molecule has 9 heteroatoms. The molecule has 0 atom stereocenters. The van der Waals surface area contributed by atoms with Gasteiger partial charge in [-0.1, -0.05) is 11.8 Å². The zero-order chi connectivity index (χ0) is 18.4. The molecule has 0 radical (unpaired) electrons. The molecule has 0 aromatic heterocycles. The van der Waals surface area contributed by atoms with Crippen LogP contribution < -0.4 is 9.46 Å². The van der Waals surface area contributed by atoms with Crippen molar-refractivity contribution in [3.63, 3.8) is 0 Å². The topological polar surface area (TPSA) is 55.4 Å². The average molecular weight is 373 g/mol. The van der Waals surface area contributed by atoms with Gasteiger partial charge < -0.3 is 4.74 Å². The van der Waals surface area contributed by atoms with E-state index in [2.05, 4.69) is 11.8 Å². The van der Waals surface area contributed by atoms with E-state index in [1.807, 2.05) is 4.72 Å². The summed E-state index contributed by atoms with van der Waals surface area (Å²) in [6.07, 6.45) is 0. The monoisotopic (exact) mass is 373 g/mol. The highest BCUT2D eigenvalue weighted by Gasteiger charge is 2.15. The second kappa shape index (κ2) is 8.00. The van der Waals surface area contributed by atoms with Gasteiger partial charge in [0.25, 0.3) is 0 Å². The molecule has 132 valence electrons. The summed E-state index contributed by atoms with van der Waals surface area (Å²) in [6, 6.07) is 4.63. The van der Waals surface area contributed by atoms with Crippen molar-refractivity contribution in [1.29, 1.82) is 0 Å². The molecule has 1 N–H and O–H groups in total. The summed E-state index contributed by atoms with van der Waals surface area (Å²) in [5.74, 6) is 0.908. The first-order valence-electron chi connectivity index (χ1n) is 6.77. The Balaban J connectivity index is 1.89. The Labute approximate surface area is 141 Å². The average Bonchev–Trinajstić information content (AvgIpc) is 2.51. The standard InChI is InChI=1S/C16H11F4NO3S/c17-11-3-4-16(15(20)10-11)24-6-2-1-5-21-25(22,23)14-8-12(18)7-13(19)9-14/h3-4,7-10,21H,5-6H2. The van der Waals surface area contributed by atoms with Crippen molar-refractivity contribution in [3.8, 4) is 17.6 Å². The van der Waals surface area contributed by atoms with Crippen molar-refractivity contribution >= 4 is 10.0 Å². The smallest absolute Gasteiger partial charge is 0.241 e. The lowest BCUT2D eigenvalue weighted by molar-refractivity contribution is 0.346. The predicted octanol–water partition coefficient (Wildman–Crippen LogP) is 2.60. The lowest BCUT2D eigenvalue weighted by atomic mass is 10.3. The lowest BCUT2D eigenvalue weighted by Crippen LogP contribution is -2.24. The summed E-state index contributed by atoms with van der Waals surface area (Å²) in [6.45, 7) is -0.616. The van der Waals surface area contributed by atoms with Crippen LogP contribution in [0.1, 0.15) is 0 Å². The van der Waals surface area contributed by atoms with Crippen LogP contribution in [0.3, 0.4) is 0 Å². The first-order valence-corrected chi connectivity index (χ1v) is 8.25. The maximum absolute atomic E-state index is 13.3. The van der Waals surface area contributed by atoms with E-state index in [1.165, 1.54) is 0 Å². The molecule has 0 heterocycles. The third-order valence-electron chi connectivity index (χ3n) is 2.82.